The summed E-state index contributed by atoms with van der Waals surface area (Å²) < 4.78 is 0. The summed E-state index contributed by atoms with van der Waals surface area (Å²) in [5.74, 6) is 0. The van der Waals surface area contributed by atoms with Crippen LogP contribution in [0.1, 0.15) is 37.3 Å². The summed E-state index contributed by atoms with van der Waals surface area (Å²) in [7, 11) is 0. The van der Waals surface area contributed by atoms with Gasteiger partial charge in [0.2, 0.25) is 0 Å². The maximum absolute atomic E-state index is 3.55. The first kappa shape index (κ1) is 11.6. The van der Waals surface area contributed by atoms with Gasteiger partial charge in [0.05, 0.1) is 0 Å². The van der Waals surface area contributed by atoms with E-state index in [0.29, 0.717) is 12.3 Å². The van der Waals surface area contributed by atoms with Gasteiger partial charge in [-0.25, -0.2) is 10.9 Å². The SMILES string of the molecule is CC12CNC(c3ccc(C4NCC5(C)NN45)cc3)N1N2. The topological polar surface area (TPSA) is 74.0 Å². The lowest BCUT2D eigenvalue weighted by molar-refractivity contribution is 0.354. The van der Waals surface area contributed by atoms with Crippen molar-refractivity contribution in [3.63, 3.8) is 0 Å². The average Bonchev–Trinajstić information content (AvgIpc) is 3.23. The Bertz CT molecular complexity index is 523. The van der Waals surface area contributed by atoms with E-state index in [1.165, 1.54) is 11.1 Å². The van der Waals surface area contributed by atoms with Crippen molar-refractivity contribution in [2.75, 3.05) is 13.1 Å². The zero-order valence-corrected chi connectivity index (χ0v) is 11.8. The normalized spacial score (nSPS) is 51.7. The average molecular weight is 272 g/mol. The molecule has 0 bridgehead atoms. The largest absolute Gasteiger partial charge is 0.294 e. The molecular formula is C14H20N6. The Labute approximate surface area is 118 Å². The lowest BCUT2D eigenvalue weighted by atomic mass is 10.1. The van der Waals surface area contributed by atoms with Crippen LogP contribution in [0.5, 0.6) is 0 Å². The van der Waals surface area contributed by atoms with Crippen LogP contribution in [-0.2, 0) is 0 Å². The van der Waals surface area contributed by atoms with Crippen LogP contribution >= 0.6 is 0 Å². The predicted molar refractivity (Wildman–Crippen MR) is 74.7 cm³/mol. The molecule has 0 radical (unpaired) electrons. The highest BCUT2D eigenvalue weighted by Gasteiger charge is 2.57. The molecule has 5 rings (SSSR count). The third-order valence-electron chi connectivity index (χ3n) is 5.05. The zero-order valence-electron chi connectivity index (χ0n) is 11.8. The van der Waals surface area contributed by atoms with Crippen LogP contribution in [0.4, 0.5) is 0 Å². The van der Waals surface area contributed by atoms with Crippen LogP contribution in [-0.4, -0.2) is 34.4 Å². The third-order valence-corrected chi connectivity index (χ3v) is 5.05. The smallest absolute Gasteiger partial charge is 0.109 e. The first-order valence-corrected chi connectivity index (χ1v) is 7.30. The molecule has 6 unspecified atom stereocenters. The summed E-state index contributed by atoms with van der Waals surface area (Å²) in [5, 5.41) is 11.7. The van der Waals surface area contributed by atoms with Gasteiger partial charge in [0, 0.05) is 13.1 Å². The van der Waals surface area contributed by atoms with Gasteiger partial charge in [-0.3, -0.25) is 10.6 Å². The van der Waals surface area contributed by atoms with Crippen LogP contribution in [0.2, 0.25) is 0 Å². The summed E-state index contributed by atoms with van der Waals surface area (Å²) in [5.41, 5.74) is 9.82. The van der Waals surface area contributed by atoms with Gasteiger partial charge in [0.25, 0.3) is 0 Å². The fraction of sp³-hybridized carbons (Fsp3) is 0.571. The highest BCUT2D eigenvalue weighted by Crippen LogP contribution is 2.41. The molecule has 20 heavy (non-hydrogen) atoms. The Balaban J connectivity index is 1.37. The number of hydrazine groups is 2. The van der Waals surface area contributed by atoms with E-state index < -0.39 is 0 Å². The summed E-state index contributed by atoms with van der Waals surface area (Å²) in [4.78, 5) is 0. The molecule has 4 fully saturated rings. The minimum Gasteiger partial charge on any atom is -0.294 e. The first-order chi connectivity index (χ1) is 9.59. The molecule has 0 aliphatic carbocycles. The van der Waals surface area contributed by atoms with E-state index in [-0.39, 0.29) is 11.3 Å². The second-order valence-electron chi connectivity index (χ2n) is 6.74. The third kappa shape index (κ3) is 1.43. The van der Waals surface area contributed by atoms with Gasteiger partial charge < -0.3 is 0 Å². The number of benzene rings is 1. The molecule has 6 nitrogen and oxygen atoms in total. The van der Waals surface area contributed by atoms with Crippen molar-refractivity contribution in [3.05, 3.63) is 35.4 Å². The Kier molecular flexibility index (Phi) is 1.98. The number of rotatable bonds is 2. The van der Waals surface area contributed by atoms with E-state index in [4.69, 9.17) is 0 Å². The van der Waals surface area contributed by atoms with Crippen molar-refractivity contribution in [2.24, 2.45) is 0 Å². The van der Waals surface area contributed by atoms with Crippen LogP contribution in [0, 0.1) is 0 Å². The highest BCUT2D eigenvalue weighted by atomic mass is 15.9. The lowest BCUT2D eigenvalue weighted by Gasteiger charge is -2.17. The molecule has 1 aromatic carbocycles. The fourth-order valence-electron chi connectivity index (χ4n) is 3.59. The number of nitrogens with one attached hydrogen (secondary N) is 4. The molecule has 0 amide bonds. The van der Waals surface area contributed by atoms with Crippen molar-refractivity contribution in [3.8, 4) is 0 Å². The van der Waals surface area contributed by atoms with Crippen LogP contribution in [0.15, 0.2) is 24.3 Å². The van der Waals surface area contributed by atoms with Crippen molar-refractivity contribution in [1.29, 1.82) is 0 Å². The lowest BCUT2D eigenvalue weighted by Crippen LogP contribution is -2.28. The van der Waals surface area contributed by atoms with Crippen molar-refractivity contribution in [1.82, 2.24) is 31.5 Å². The van der Waals surface area contributed by atoms with Crippen molar-refractivity contribution < 1.29 is 0 Å². The second-order valence-corrected chi connectivity index (χ2v) is 6.74. The molecular weight excluding hydrogens is 252 g/mol. The number of hydrogen-bond acceptors (Lipinski definition) is 6. The molecule has 6 atom stereocenters. The first-order valence-electron chi connectivity index (χ1n) is 7.30. The Morgan fingerprint density at radius 3 is 1.50 bits per heavy atom. The standard InChI is InChI=1S/C14H20N6/c1-13-7-15-11(19(13)17-13)9-3-5-10(6-4-9)12-16-8-14(2)18-20(12)14/h3-6,11-12,15-18H,7-8H2,1-2H3. The van der Waals surface area contributed by atoms with Gasteiger partial charge >= 0.3 is 0 Å². The van der Waals surface area contributed by atoms with Crippen LogP contribution in [0.3, 0.4) is 0 Å². The van der Waals surface area contributed by atoms with Gasteiger partial charge in [-0.1, -0.05) is 24.3 Å². The monoisotopic (exact) mass is 272 g/mol. The van der Waals surface area contributed by atoms with E-state index in [1.807, 2.05) is 0 Å². The molecule has 4 heterocycles. The van der Waals surface area contributed by atoms with Crippen LogP contribution in [0.25, 0.3) is 0 Å². The molecule has 4 N–H and O–H groups in total. The van der Waals surface area contributed by atoms with E-state index in [2.05, 4.69) is 69.6 Å². The van der Waals surface area contributed by atoms with Crippen LogP contribution < -0.4 is 21.5 Å². The Morgan fingerprint density at radius 2 is 1.25 bits per heavy atom. The molecule has 1 aromatic rings. The van der Waals surface area contributed by atoms with Gasteiger partial charge in [0.1, 0.15) is 23.7 Å². The summed E-state index contributed by atoms with van der Waals surface area (Å²) in [6.07, 6.45) is 0.602. The molecule has 106 valence electrons. The van der Waals surface area contributed by atoms with E-state index >= 15 is 0 Å². The molecule has 0 saturated carbocycles. The van der Waals surface area contributed by atoms with Gasteiger partial charge in [-0.05, 0) is 25.0 Å². The minimum atomic E-state index is 0.168. The molecule has 4 saturated heterocycles. The maximum atomic E-state index is 3.55. The molecule has 4 aliphatic rings. The van der Waals surface area contributed by atoms with Crippen molar-refractivity contribution >= 4 is 0 Å². The Hall–Kier alpha value is -1.02. The number of hydrogen-bond donors (Lipinski definition) is 4. The highest BCUT2D eigenvalue weighted by molar-refractivity contribution is 5.31. The molecule has 0 spiro atoms. The molecule has 4 aliphatic heterocycles. The predicted octanol–water partition coefficient (Wildman–Crippen LogP) is -0.0370. The van der Waals surface area contributed by atoms with E-state index in [9.17, 15) is 0 Å². The quantitative estimate of drug-likeness (QED) is 0.566. The summed E-state index contributed by atoms with van der Waals surface area (Å²) >= 11 is 0. The minimum absolute atomic E-state index is 0.168. The zero-order chi connectivity index (χ0) is 13.5. The fourth-order valence-corrected chi connectivity index (χ4v) is 3.59. The summed E-state index contributed by atoms with van der Waals surface area (Å²) in [6.45, 7) is 6.45. The maximum Gasteiger partial charge on any atom is 0.109 e. The van der Waals surface area contributed by atoms with Crippen molar-refractivity contribution in [2.45, 2.75) is 37.5 Å². The van der Waals surface area contributed by atoms with Gasteiger partial charge in [0.15, 0.2) is 0 Å². The summed E-state index contributed by atoms with van der Waals surface area (Å²) in [6, 6.07) is 8.94. The second kappa shape index (κ2) is 3.41. The van der Waals surface area contributed by atoms with E-state index in [0.717, 1.165) is 13.1 Å². The number of fused-ring (bicyclic) bond motifs is 2. The van der Waals surface area contributed by atoms with E-state index in [1.54, 1.807) is 0 Å². The van der Waals surface area contributed by atoms with Gasteiger partial charge in [-0.2, -0.15) is 10.0 Å². The molecule has 0 aromatic heterocycles. The van der Waals surface area contributed by atoms with Gasteiger partial charge in [-0.15, -0.1) is 0 Å². The number of nitrogens with zero attached hydrogens (tertiary/aromatic N) is 2. The molecule has 6 heteroatoms. The Morgan fingerprint density at radius 1 is 0.850 bits per heavy atom.